The molecule has 0 bridgehead atoms. The SMILES string of the molecule is CC(O)(C(=O)O)c1cccc(-c2ccccc2)c1. The second-order valence-electron chi connectivity index (χ2n) is 4.32. The maximum absolute atomic E-state index is 11.0. The summed E-state index contributed by atoms with van der Waals surface area (Å²) in [6, 6.07) is 16.6. The number of carboxylic acid groups (broad SMARTS) is 1. The van der Waals surface area contributed by atoms with Crippen molar-refractivity contribution in [2.75, 3.05) is 0 Å². The van der Waals surface area contributed by atoms with Gasteiger partial charge in [0.2, 0.25) is 0 Å². The first-order chi connectivity index (χ1) is 8.51. The van der Waals surface area contributed by atoms with Crippen LogP contribution in [0, 0.1) is 0 Å². The second kappa shape index (κ2) is 4.63. The van der Waals surface area contributed by atoms with E-state index in [4.69, 9.17) is 5.11 Å². The number of hydrogen-bond acceptors (Lipinski definition) is 2. The highest BCUT2D eigenvalue weighted by molar-refractivity contribution is 5.79. The van der Waals surface area contributed by atoms with Gasteiger partial charge in [-0.25, -0.2) is 4.79 Å². The van der Waals surface area contributed by atoms with Gasteiger partial charge in [0.15, 0.2) is 5.60 Å². The van der Waals surface area contributed by atoms with E-state index in [1.807, 2.05) is 36.4 Å². The third-order valence-corrected chi connectivity index (χ3v) is 2.95. The minimum Gasteiger partial charge on any atom is -0.479 e. The van der Waals surface area contributed by atoms with Crippen molar-refractivity contribution in [1.29, 1.82) is 0 Å². The lowest BCUT2D eigenvalue weighted by atomic mass is 9.93. The Balaban J connectivity index is 2.46. The Labute approximate surface area is 105 Å². The zero-order valence-electron chi connectivity index (χ0n) is 10.00. The summed E-state index contributed by atoms with van der Waals surface area (Å²) in [5.41, 5.74) is 0.372. The maximum atomic E-state index is 11.0. The van der Waals surface area contributed by atoms with Crippen molar-refractivity contribution >= 4 is 5.97 Å². The first kappa shape index (κ1) is 12.3. The predicted octanol–water partition coefficient (Wildman–Crippen LogP) is 2.65. The van der Waals surface area contributed by atoms with Crippen LogP contribution in [0.4, 0.5) is 0 Å². The summed E-state index contributed by atoms with van der Waals surface area (Å²) in [5, 5.41) is 18.9. The van der Waals surface area contributed by atoms with Gasteiger partial charge in [0.25, 0.3) is 0 Å². The molecule has 2 rings (SSSR count). The first-order valence-corrected chi connectivity index (χ1v) is 5.63. The average Bonchev–Trinajstić information content (AvgIpc) is 2.40. The van der Waals surface area contributed by atoms with E-state index in [1.165, 1.54) is 6.92 Å². The smallest absolute Gasteiger partial charge is 0.340 e. The van der Waals surface area contributed by atoms with Crippen molar-refractivity contribution in [3.8, 4) is 11.1 Å². The normalized spacial score (nSPS) is 13.9. The molecule has 0 radical (unpaired) electrons. The van der Waals surface area contributed by atoms with Gasteiger partial charge < -0.3 is 10.2 Å². The summed E-state index contributed by atoms with van der Waals surface area (Å²) in [7, 11) is 0. The lowest BCUT2D eigenvalue weighted by Crippen LogP contribution is -2.31. The van der Waals surface area contributed by atoms with Crippen LogP contribution in [0.3, 0.4) is 0 Å². The van der Waals surface area contributed by atoms with Crippen molar-refractivity contribution in [1.82, 2.24) is 0 Å². The van der Waals surface area contributed by atoms with Crippen LogP contribution >= 0.6 is 0 Å². The molecule has 0 heterocycles. The standard InChI is InChI=1S/C15H14O3/c1-15(18,14(16)17)13-9-5-8-12(10-13)11-6-3-2-4-7-11/h2-10,18H,1H3,(H,16,17). The Bertz CT molecular complexity index is 559. The van der Waals surface area contributed by atoms with E-state index in [9.17, 15) is 9.90 Å². The fourth-order valence-corrected chi connectivity index (χ4v) is 1.76. The number of benzene rings is 2. The van der Waals surface area contributed by atoms with Gasteiger partial charge in [0, 0.05) is 0 Å². The lowest BCUT2D eigenvalue weighted by molar-refractivity contribution is -0.157. The van der Waals surface area contributed by atoms with Crippen LogP contribution in [-0.2, 0) is 10.4 Å². The molecule has 2 aromatic rings. The molecule has 0 spiro atoms. The van der Waals surface area contributed by atoms with E-state index in [0.29, 0.717) is 5.56 Å². The van der Waals surface area contributed by atoms with Gasteiger partial charge in [-0.1, -0.05) is 48.5 Å². The molecule has 0 saturated carbocycles. The molecule has 0 aliphatic heterocycles. The van der Waals surface area contributed by atoms with Gasteiger partial charge in [-0.3, -0.25) is 0 Å². The predicted molar refractivity (Wildman–Crippen MR) is 69.1 cm³/mol. The van der Waals surface area contributed by atoms with Crippen LogP contribution in [0.1, 0.15) is 12.5 Å². The van der Waals surface area contributed by atoms with E-state index in [0.717, 1.165) is 11.1 Å². The fourth-order valence-electron chi connectivity index (χ4n) is 1.76. The number of aliphatic hydroxyl groups is 1. The molecule has 2 N–H and O–H groups in total. The molecule has 3 heteroatoms. The van der Waals surface area contributed by atoms with E-state index in [1.54, 1.807) is 18.2 Å². The summed E-state index contributed by atoms with van der Waals surface area (Å²) >= 11 is 0. The van der Waals surface area contributed by atoms with Crippen LogP contribution in [0.5, 0.6) is 0 Å². The maximum Gasteiger partial charge on any atom is 0.340 e. The average molecular weight is 242 g/mol. The van der Waals surface area contributed by atoms with Gasteiger partial charge in [-0.15, -0.1) is 0 Å². The largest absolute Gasteiger partial charge is 0.479 e. The van der Waals surface area contributed by atoms with E-state index >= 15 is 0 Å². The molecule has 18 heavy (non-hydrogen) atoms. The molecule has 0 saturated heterocycles. The summed E-state index contributed by atoms with van der Waals surface area (Å²) in [4.78, 5) is 11.0. The topological polar surface area (TPSA) is 57.5 Å². The molecular formula is C15H14O3. The van der Waals surface area contributed by atoms with E-state index in [-0.39, 0.29) is 0 Å². The summed E-state index contributed by atoms with van der Waals surface area (Å²) in [6.07, 6.45) is 0. The highest BCUT2D eigenvalue weighted by Crippen LogP contribution is 2.26. The molecule has 0 aliphatic rings. The van der Waals surface area contributed by atoms with Crippen molar-refractivity contribution in [3.63, 3.8) is 0 Å². The summed E-state index contributed by atoms with van der Waals surface area (Å²) in [5.74, 6) is -1.26. The Morgan fingerprint density at radius 2 is 1.61 bits per heavy atom. The van der Waals surface area contributed by atoms with Crippen LogP contribution in [0.2, 0.25) is 0 Å². The number of carbonyl (C=O) groups is 1. The summed E-state index contributed by atoms with van der Waals surface area (Å²) < 4.78 is 0. The molecule has 0 fully saturated rings. The molecule has 0 aromatic heterocycles. The van der Waals surface area contributed by atoms with Gasteiger partial charge in [0.05, 0.1) is 0 Å². The molecule has 2 aromatic carbocycles. The molecular weight excluding hydrogens is 228 g/mol. The van der Waals surface area contributed by atoms with Crippen LogP contribution < -0.4 is 0 Å². The molecule has 3 nitrogen and oxygen atoms in total. The minimum atomic E-state index is -1.87. The molecule has 1 atom stereocenters. The number of aliphatic carboxylic acids is 1. The third kappa shape index (κ3) is 2.26. The van der Waals surface area contributed by atoms with Gasteiger partial charge in [-0.2, -0.15) is 0 Å². The fraction of sp³-hybridized carbons (Fsp3) is 0.133. The zero-order chi connectivity index (χ0) is 13.2. The molecule has 0 aliphatic carbocycles. The zero-order valence-corrected chi connectivity index (χ0v) is 10.00. The Hall–Kier alpha value is -2.13. The Morgan fingerprint density at radius 1 is 1.00 bits per heavy atom. The monoisotopic (exact) mass is 242 g/mol. The van der Waals surface area contributed by atoms with Crippen molar-refractivity contribution in [3.05, 3.63) is 60.2 Å². The summed E-state index contributed by atoms with van der Waals surface area (Å²) in [6.45, 7) is 1.28. The quantitative estimate of drug-likeness (QED) is 0.869. The highest BCUT2D eigenvalue weighted by atomic mass is 16.4. The Morgan fingerprint density at radius 3 is 2.22 bits per heavy atom. The van der Waals surface area contributed by atoms with Gasteiger partial charge in [-0.05, 0) is 29.7 Å². The van der Waals surface area contributed by atoms with Crippen LogP contribution in [0.15, 0.2) is 54.6 Å². The number of rotatable bonds is 3. The Kier molecular flexibility index (Phi) is 3.17. The van der Waals surface area contributed by atoms with Gasteiger partial charge in [0.1, 0.15) is 0 Å². The third-order valence-electron chi connectivity index (χ3n) is 2.95. The van der Waals surface area contributed by atoms with Gasteiger partial charge >= 0.3 is 5.97 Å². The number of hydrogen-bond donors (Lipinski definition) is 2. The second-order valence-corrected chi connectivity index (χ2v) is 4.32. The molecule has 92 valence electrons. The molecule has 0 amide bonds. The van der Waals surface area contributed by atoms with E-state index < -0.39 is 11.6 Å². The number of carboxylic acids is 1. The van der Waals surface area contributed by atoms with Crippen molar-refractivity contribution < 1.29 is 15.0 Å². The van der Waals surface area contributed by atoms with Crippen molar-refractivity contribution in [2.24, 2.45) is 0 Å². The highest BCUT2D eigenvalue weighted by Gasteiger charge is 2.32. The minimum absolute atomic E-state index is 0.372. The van der Waals surface area contributed by atoms with Crippen LogP contribution in [0.25, 0.3) is 11.1 Å². The van der Waals surface area contributed by atoms with Crippen LogP contribution in [-0.4, -0.2) is 16.2 Å². The van der Waals surface area contributed by atoms with E-state index in [2.05, 4.69) is 0 Å². The first-order valence-electron chi connectivity index (χ1n) is 5.63. The van der Waals surface area contributed by atoms with Crippen molar-refractivity contribution in [2.45, 2.75) is 12.5 Å². The lowest BCUT2D eigenvalue weighted by Gasteiger charge is -2.19. The molecule has 1 unspecified atom stereocenters.